The van der Waals surface area contributed by atoms with Gasteiger partial charge in [-0.2, -0.15) is 0 Å². The molecule has 2 unspecified atom stereocenters. The molecule has 13 heavy (non-hydrogen) atoms. The minimum absolute atomic E-state index is 0.398. The molecule has 0 saturated carbocycles. The van der Waals surface area contributed by atoms with Crippen molar-refractivity contribution in [3.63, 3.8) is 0 Å². The van der Waals surface area contributed by atoms with Crippen LogP contribution in [0, 0.1) is 17.8 Å². The Hall–Kier alpha value is -0.0400. The fraction of sp³-hybridized carbons (Fsp3) is 1.00. The zero-order valence-electron chi connectivity index (χ0n) is 10.0. The van der Waals surface area contributed by atoms with Crippen molar-refractivity contribution in [3.05, 3.63) is 0 Å². The standard InChI is InChI=1S/C12H27N/c1-9(2)8-11(5)6-7-12(13)10(3)4/h9-12H,6-8,13H2,1-5H3. The molecule has 0 heterocycles. The van der Waals surface area contributed by atoms with E-state index < -0.39 is 0 Å². The molecule has 0 aromatic heterocycles. The second kappa shape index (κ2) is 6.42. The molecule has 0 aliphatic heterocycles. The van der Waals surface area contributed by atoms with Crippen molar-refractivity contribution in [1.29, 1.82) is 0 Å². The molecular weight excluding hydrogens is 158 g/mol. The Morgan fingerprint density at radius 2 is 1.46 bits per heavy atom. The highest BCUT2D eigenvalue weighted by molar-refractivity contribution is 4.67. The van der Waals surface area contributed by atoms with E-state index in [1.807, 2.05) is 0 Å². The monoisotopic (exact) mass is 185 g/mol. The lowest BCUT2D eigenvalue weighted by molar-refractivity contribution is 0.363. The predicted molar refractivity (Wildman–Crippen MR) is 60.7 cm³/mol. The molecule has 2 atom stereocenters. The molecule has 0 spiro atoms. The third-order valence-corrected chi connectivity index (χ3v) is 2.72. The first-order valence-corrected chi connectivity index (χ1v) is 5.69. The Bertz CT molecular complexity index is 118. The molecule has 0 radical (unpaired) electrons. The SMILES string of the molecule is CC(C)CC(C)CCC(N)C(C)C. The first-order valence-electron chi connectivity index (χ1n) is 5.69. The molecule has 1 nitrogen and oxygen atoms in total. The summed E-state index contributed by atoms with van der Waals surface area (Å²) in [5, 5.41) is 0. The third-order valence-electron chi connectivity index (χ3n) is 2.72. The van der Waals surface area contributed by atoms with Crippen LogP contribution in [0.3, 0.4) is 0 Å². The summed E-state index contributed by atoms with van der Waals surface area (Å²) in [7, 11) is 0. The van der Waals surface area contributed by atoms with E-state index in [4.69, 9.17) is 5.73 Å². The Morgan fingerprint density at radius 3 is 1.85 bits per heavy atom. The van der Waals surface area contributed by atoms with Gasteiger partial charge in [0.05, 0.1) is 0 Å². The molecular formula is C12H27N. The average molecular weight is 185 g/mol. The molecule has 2 N–H and O–H groups in total. The quantitative estimate of drug-likeness (QED) is 0.674. The van der Waals surface area contributed by atoms with Gasteiger partial charge in [0.2, 0.25) is 0 Å². The van der Waals surface area contributed by atoms with Crippen molar-refractivity contribution in [2.24, 2.45) is 23.5 Å². The van der Waals surface area contributed by atoms with E-state index in [2.05, 4.69) is 34.6 Å². The van der Waals surface area contributed by atoms with E-state index in [1.54, 1.807) is 0 Å². The van der Waals surface area contributed by atoms with E-state index in [-0.39, 0.29) is 0 Å². The first-order chi connectivity index (χ1) is 5.93. The van der Waals surface area contributed by atoms with Crippen molar-refractivity contribution in [2.75, 3.05) is 0 Å². The first kappa shape index (κ1) is 13.0. The minimum atomic E-state index is 0.398. The van der Waals surface area contributed by atoms with Gasteiger partial charge >= 0.3 is 0 Å². The summed E-state index contributed by atoms with van der Waals surface area (Å²) in [6.45, 7) is 11.3. The van der Waals surface area contributed by atoms with E-state index in [0.29, 0.717) is 12.0 Å². The van der Waals surface area contributed by atoms with Gasteiger partial charge in [-0.1, -0.05) is 34.6 Å². The smallest absolute Gasteiger partial charge is 0.00619 e. The lowest BCUT2D eigenvalue weighted by atomic mass is 9.90. The van der Waals surface area contributed by atoms with E-state index >= 15 is 0 Å². The van der Waals surface area contributed by atoms with Crippen LogP contribution in [0.1, 0.15) is 53.9 Å². The average Bonchev–Trinajstić information content (AvgIpc) is 1.98. The Balaban J connectivity index is 3.51. The maximum absolute atomic E-state index is 6.00. The van der Waals surface area contributed by atoms with Gasteiger partial charge in [0.25, 0.3) is 0 Å². The summed E-state index contributed by atoms with van der Waals surface area (Å²) < 4.78 is 0. The second-order valence-corrected chi connectivity index (χ2v) is 5.22. The Labute approximate surface area is 84.1 Å². The summed E-state index contributed by atoms with van der Waals surface area (Å²) in [6.07, 6.45) is 3.81. The summed E-state index contributed by atoms with van der Waals surface area (Å²) in [4.78, 5) is 0. The van der Waals surface area contributed by atoms with Crippen molar-refractivity contribution >= 4 is 0 Å². The van der Waals surface area contributed by atoms with Crippen LogP contribution in [0.4, 0.5) is 0 Å². The third kappa shape index (κ3) is 7.06. The van der Waals surface area contributed by atoms with Crippen molar-refractivity contribution in [2.45, 2.75) is 59.9 Å². The lowest BCUT2D eigenvalue weighted by Gasteiger charge is -2.19. The van der Waals surface area contributed by atoms with Gasteiger partial charge < -0.3 is 5.73 Å². The second-order valence-electron chi connectivity index (χ2n) is 5.22. The number of nitrogens with two attached hydrogens (primary N) is 1. The number of rotatable bonds is 6. The Morgan fingerprint density at radius 1 is 0.923 bits per heavy atom. The fourth-order valence-corrected chi connectivity index (χ4v) is 1.73. The maximum Gasteiger partial charge on any atom is 0.00619 e. The minimum Gasteiger partial charge on any atom is -0.327 e. The van der Waals surface area contributed by atoms with Gasteiger partial charge in [0.1, 0.15) is 0 Å². The van der Waals surface area contributed by atoms with E-state index in [9.17, 15) is 0 Å². The molecule has 0 bridgehead atoms. The van der Waals surface area contributed by atoms with Crippen LogP contribution in [0.25, 0.3) is 0 Å². The molecule has 0 saturated heterocycles. The van der Waals surface area contributed by atoms with E-state index in [1.165, 1.54) is 19.3 Å². The summed E-state index contributed by atoms with van der Waals surface area (Å²) in [5.41, 5.74) is 6.00. The maximum atomic E-state index is 6.00. The molecule has 0 aliphatic carbocycles. The normalized spacial score (nSPS) is 16.6. The molecule has 0 rings (SSSR count). The lowest BCUT2D eigenvalue weighted by Crippen LogP contribution is -2.26. The van der Waals surface area contributed by atoms with Crippen molar-refractivity contribution in [1.82, 2.24) is 0 Å². The molecule has 0 aliphatic rings. The molecule has 1 heteroatoms. The highest BCUT2D eigenvalue weighted by atomic mass is 14.6. The van der Waals surface area contributed by atoms with Crippen LogP contribution >= 0.6 is 0 Å². The predicted octanol–water partition coefficient (Wildman–Crippen LogP) is 3.43. The summed E-state index contributed by atoms with van der Waals surface area (Å²) >= 11 is 0. The molecule has 0 fully saturated rings. The van der Waals surface area contributed by atoms with Crippen LogP contribution in [0.2, 0.25) is 0 Å². The summed E-state index contributed by atoms with van der Waals surface area (Å²) in [5.74, 6) is 2.29. The molecule has 0 amide bonds. The summed E-state index contributed by atoms with van der Waals surface area (Å²) in [6, 6.07) is 0.398. The highest BCUT2D eigenvalue weighted by Crippen LogP contribution is 2.18. The van der Waals surface area contributed by atoms with Crippen molar-refractivity contribution in [3.8, 4) is 0 Å². The zero-order valence-corrected chi connectivity index (χ0v) is 10.0. The fourth-order valence-electron chi connectivity index (χ4n) is 1.73. The van der Waals surface area contributed by atoms with Crippen molar-refractivity contribution < 1.29 is 0 Å². The van der Waals surface area contributed by atoms with Crippen LogP contribution in [0.5, 0.6) is 0 Å². The van der Waals surface area contributed by atoms with Gasteiger partial charge in [-0.15, -0.1) is 0 Å². The van der Waals surface area contributed by atoms with Gasteiger partial charge in [-0.25, -0.2) is 0 Å². The van der Waals surface area contributed by atoms with Crippen LogP contribution in [-0.4, -0.2) is 6.04 Å². The number of hydrogen-bond donors (Lipinski definition) is 1. The van der Waals surface area contributed by atoms with Crippen LogP contribution in [-0.2, 0) is 0 Å². The largest absolute Gasteiger partial charge is 0.327 e. The van der Waals surface area contributed by atoms with Crippen LogP contribution < -0.4 is 5.73 Å². The van der Waals surface area contributed by atoms with Gasteiger partial charge in [0, 0.05) is 6.04 Å². The van der Waals surface area contributed by atoms with Gasteiger partial charge in [-0.3, -0.25) is 0 Å². The van der Waals surface area contributed by atoms with Gasteiger partial charge in [-0.05, 0) is 37.0 Å². The van der Waals surface area contributed by atoms with E-state index in [0.717, 1.165) is 11.8 Å². The topological polar surface area (TPSA) is 26.0 Å². The van der Waals surface area contributed by atoms with Gasteiger partial charge in [0.15, 0.2) is 0 Å². The van der Waals surface area contributed by atoms with Crippen LogP contribution in [0.15, 0.2) is 0 Å². The highest BCUT2D eigenvalue weighted by Gasteiger charge is 2.10. The molecule has 0 aromatic rings. The number of hydrogen-bond acceptors (Lipinski definition) is 1. The zero-order chi connectivity index (χ0) is 10.4. The molecule has 80 valence electrons. The molecule has 0 aromatic carbocycles. The Kier molecular flexibility index (Phi) is 6.40.